The monoisotopic (exact) mass is 500 g/mol. The molecule has 206 valence electrons. The first kappa shape index (κ1) is 35.3. The molecule has 0 aromatic carbocycles. The van der Waals surface area contributed by atoms with E-state index in [1.807, 2.05) is 0 Å². The average Bonchev–Trinajstić information content (AvgIpc) is 2.79. The van der Waals surface area contributed by atoms with Gasteiger partial charge in [0.15, 0.2) is 0 Å². The molecule has 0 heterocycles. The number of aliphatic hydroxyl groups is 1. The molecule has 0 rings (SSSR count). The minimum atomic E-state index is -0.740. The maximum Gasteiger partial charge on any atom is 0.303 e. The number of hydrogen-bond acceptors (Lipinski definition) is 4. The maximum absolute atomic E-state index is 10.3. The first-order valence-corrected chi connectivity index (χ1v) is 13.8. The minimum absolute atomic E-state index is 0.172. The predicted octanol–water partition coefficient (Wildman–Crippen LogP) is 7.36. The van der Waals surface area contributed by atoms with Crippen molar-refractivity contribution in [3.8, 4) is 0 Å². The first-order chi connectivity index (χ1) is 16.8. The Hall–Kier alpha value is -1.89. The lowest BCUT2D eigenvalue weighted by Crippen LogP contribution is -2.04. The molecule has 0 radical (unpaired) electrons. The van der Waals surface area contributed by atoms with Gasteiger partial charge in [-0.05, 0) is 44.9 Å². The van der Waals surface area contributed by atoms with Gasteiger partial charge in [-0.15, -0.1) is 0 Å². The molecule has 1 atom stereocenters. The number of hydrogen-bond donors (Lipinski definition) is 4. The summed E-state index contributed by atoms with van der Waals surface area (Å²) < 4.78 is 0. The minimum Gasteiger partial charge on any atom is -0.481 e. The molecule has 0 bridgehead atoms. The third-order valence-corrected chi connectivity index (χ3v) is 5.76. The molecule has 0 saturated heterocycles. The Morgan fingerprint density at radius 3 is 1.40 bits per heavy atom. The van der Waals surface area contributed by atoms with E-state index in [-0.39, 0.29) is 18.9 Å². The zero-order valence-corrected chi connectivity index (χ0v) is 22.1. The quantitative estimate of drug-likeness (QED) is 0.0804. The van der Waals surface area contributed by atoms with Gasteiger partial charge in [0.1, 0.15) is 0 Å². The number of aliphatic carboxylic acids is 3. The van der Waals surface area contributed by atoms with Gasteiger partial charge in [-0.25, -0.2) is 0 Å². The summed E-state index contributed by atoms with van der Waals surface area (Å²) >= 11 is 0. The highest BCUT2D eigenvalue weighted by atomic mass is 16.4. The van der Waals surface area contributed by atoms with Gasteiger partial charge >= 0.3 is 17.9 Å². The lowest BCUT2D eigenvalue weighted by Gasteiger charge is -2.07. The van der Waals surface area contributed by atoms with Gasteiger partial charge in [-0.1, -0.05) is 89.7 Å². The molecule has 0 amide bonds. The van der Waals surface area contributed by atoms with Crippen LogP contribution in [0.4, 0.5) is 0 Å². The van der Waals surface area contributed by atoms with E-state index in [2.05, 4.69) is 19.1 Å². The van der Waals surface area contributed by atoms with Crippen LogP contribution >= 0.6 is 0 Å². The van der Waals surface area contributed by atoms with Crippen LogP contribution in [0.15, 0.2) is 12.2 Å². The van der Waals surface area contributed by atoms with Gasteiger partial charge in [0.05, 0.1) is 6.10 Å². The summed E-state index contributed by atoms with van der Waals surface area (Å²) in [6, 6.07) is 0. The van der Waals surface area contributed by atoms with Gasteiger partial charge in [0.2, 0.25) is 0 Å². The fourth-order valence-electron chi connectivity index (χ4n) is 3.62. The molecule has 4 N–H and O–H groups in total. The van der Waals surface area contributed by atoms with E-state index in [9.17, 15) is 19.5 Å². The lowest BCUT2D eigenvalue weighted by atomic mass is 10.1. The normalized spacial score (nSPS) is 11.7. The van der Waals surface area contributed by atoms with Gasteiger partial charge in [0, 0.05) is 19.3 Å². The zero-order chi connectivity index (χ0) is 26.6. The highest BCUT2D eigenvalue weighted by molar-refractivity contribution is 5.67. The van der Waals surface area contributed by atoms with E-state index in [4.69, 9.17) is 15.3 Å². The summed E-state index contributed by atoms with van der Waals surface area (Å²) in [7, 11) is 0. The number of rotatable bonds is 24. The second-order valence-electron chi connectivity index (χ2n) is 9.32. The maximum atomic E-state index is 10.3. The van der Waals surface area contributed by atoms with Crippen LogP contribution in [-0.4, -0.2) is 44.4 Å². The average molecular weight is 501 g/mol. The van der Waals surface area contributed by atoms with Crippen molar-refractivity contribution in [1.82, 2.24) is 0 Å². The number of carboxylic acid groups (broad SMARTS) is 3. The lowest BCUT2D eigenvalue weighted by molar-refractivity contribution is -0.138. The Morgan fingerprint density at radius 1 is 0.571 bits per heavy atom. The molecular weight excluding hydrogens is 448 g/mol. The van der Waals surface area contributed by atoms with Gasteiger partial charge in [0.25, 0.3) is 0 Å². The highest BCUT2D eigenvalue weighted by Crippen LogP contribution is 2.11. The summed E-state index contributed by atoms with van der Waals surface area (Å²) in [5, 5.41) is 35.0. The van der Waals surface area contributed by atoms with E-state index in [1.165, 1.54) is 25.7 Å². The zero-order valence-electron chi connectivity index (χ0n) is 22.1. The van der Waals surface area contributed by atoms with Crippen molar-refractivity contribution in [3.63, 3.8) is 0 Å². The van der Waals surface area contributed by atoms with Gasteiger partial charge in [-0.2, -0.15) is 0 Å². The van der Waals surface area contributed by atoms with E-state index in [0.29, 0.717) is 6.42 Å². The molecule has 0 aliphatic rings. The summed E-state index contributed by atoms with van der Waals surface area (Å²) in [5.41, 5.74) is 0. The summed E-state index contributed by atoms with van der Waals surface area (Å²) in [6.45, 7) is 2.20. The van der Waals surface area contributed by atoms with Crippen LogP contribution in [0.1, 0.15) is 142 Å². The van der Waals surface area contributed by atoms with Crippen LogP contribution in [-0.2, 0) is 14.4 Å². The first-order valence-electron chi connectivity index (χ1n) is 13.8. The van der Waals surface area contributed by atoms with E-state index in [0.717, 1.165) is 89.9 Å². The van der Waals surface area contributed by atoms with E-state index < -0.39 is 17.9 Å². The second kappa shape index (κ2) is 28.3. The van der Waals surface area contributed by atoms with Crippen LogP contribution in [0.3, 0.4) is 0 Å². The standard InChI is InChI=1S/C18H34O3.C10H18O4/c1-2-3-4-11-14-17(19)15-12-9-7-5-6-8-10-13-16-18(20)21;11-9(12)7-5-3-1-2-4-6-8-10(13)14/h9,12,17,19H,2-8,10-11,13-16H2,1H3,(H,20,21);1-8H2,(H,11,12)(H,13,14)/b12-9-;/t17-;/m1./s1. The Morgan fingerprint density at radius 2 is 0.971 bits per heavy atom. The van der Waals surface area contributed by atoms with Crippen molar-refractivity contribution in [2.75, 3.05) is 0 Å². The number of carbonyl (C=O) groups is 3. The Kier molecular flexibility index (Phi) is 28.6. The third kappa shape index (κ3) is 36.8. The molecule has 0 aliphatic heterocycles. The van der Waals surface area contributed by atoms with Crippen LogP contribution in [0.5, 0.6) is 0 Å². The van der Waals surface area contributed by atoms with Crippen LogP contribution in [0, 0.1) is 0 Å². The highest BCUT2D eigenvalue weighted by Gasteiger charge is 2.01. The van der Waals surface area contributed by atoms with Crippen molar-refractivity contribution in [3.05, 3.63) is 12.2 Å². The summed E-state index contributed by atoms with van der Waals surface area (Å²) in [4.78, 5) is 30.6. The fraction of sp³-hybridized carbons (Fsp3) is 0.821. The van der Waals surface area contributed by atoms with Crippen LogP contribution in [0.25, 0.3) is 0 Å². The number of aliphatic hydroxyl groups excluding tert-OH is 1. The third-order valence-electron chi connectivity index (χ3n) is 5.76. The Bertz CT molecular complexity index is 511. The SMILES string of the molecule is CCCCCC[C@@H](O)C/C=C\CCCCCCCC(=O)O.O=C(O)CCCCCCCCC(=O)O. The number of unbranched alkanes of at least 4 members (excludes halogenated alkanes) is 13. The molecule has 0 spiro atoms. The molecule has 7 heteroatoms. The van der Waals surface area contributed by atoms with Gasteiger partial charge < -0.3 is 20.4 Å². The largest absolute Gasteiger partial charge is 0.481 e. The number of allylic oxidation sites excluding steroid dienone is 1. The van der Waals surface area contributed by atoms with Crippen molar-refractivity contribution in [2.45, 2.75) is 148 Å². The predicted molar refractivity (Wildman–Crippen MR) is 141 cm³/mol. The van der Waals surface area contributed by atoms with Crippen molar-refractivity contribution in [2.24, 2.45) is 0 Å². The van der Waals surface area contributed by atoms with Gasteiger partial charge in [-0.3, -0.25) is 14.4 Å². The Labute approximate surface area is 213 Å². The van der Waals surface area contributed by atoms with Crippen molar-refractivity contribution < 1.29 is 34.8 Å². The second-order valence-corrected chi connectivity index (χ2v) is 9.32. The summed E-state index contributed by atoms with van der Waals surface area (Å²) in [5.74, 6) is -2.17. The van der Waals surface area contributed by atoms with E-state index >= 15 is 0 Å². The van der Waals surface area contributed by atoms with Crippen LogP contribution < -0.4 is 0 Å². The topological polar surface area (TPSA) is 132 Å². The molecule has 0 unspecified atom stereocenters. The molecule has 35 heavy (non-hydrogen) atoms. The number of carboxylic acids is 3. The molecule has 0 aromatic rings. The Balaban J connectivity index is 0. The molecule has 0 fully saturated rings. The van der Waals surface area contributed by atoms with E-state index in [1.54, 1.807) is 0 Å². The smallest absolute Gasteiger partial charge is 0.303 e. The molecule has 0 saturated carbocycles. The van der Waals surface area contributed by atoms with Crippen molar-refractivity contribution in [1.29, 1.82) is 0 Å². The van der Waals surface area contributed by atoms with Crippen LogP contribution in [0.2, 0.25) is 0 Å². The molecular formula is C28H52O7. The molecule has 0 aromatic heterocycles. The summed E-state index contributed by atoms with van der Waals surface area (Å²) in [6.07, 6.45) is 23.2. The van der Waals surface area contributed by atoms with Crippen molar-refractivity contribution >= 4 is 17.9 Å². The molecule has 0 aliphatic carbocycles. The fourth-order valence-corrected chi connectivity index (χ4v) is 3.62. The molecule has 7 nitrogen and oxygen atoms in total.